The Morgan fingerprint density at radius 2 is 2.08 bits per heavy atom. The third-order valence-electron chi connectivity index (χ3n) is 4.26. The van der Waals surface area contributed by atoms with E-state index < -0.39 is 0 Å². The van der Waals surface area contributed by atoms with Gasteiger partial charge < -0.3 is 10.2 Å². The Labute approximate surface area is 175 Å². The predicted octanol–water partition coefficient (Wildman–Crippen LogP) is 5.26. The summed E-state index contributed by atoms with van der Waals surface area (Å²) in [6.07, 6.45) is 2.34. The van der Waals surface area contributed by atoms with Gasteiger partial charge in [-0.3, -0.25) is 4.79 Å². The van der Waals surface area contributed by atoms with Gasteiger partial charge in [-0.1, -0.05) is 59.0 Å². The normalized spacial score (nSPS) is 15.1. The van der Waals surface area contributed by atoms with Crippen LogP contribution >= 0.6 is 51.2 Å². The van der Waals surface area contributed by atoms with Crippen LogP contribution < -0.4 is 5.32 Å². The number of amides is 1. The summed E-state index contributed by atoms with van der Waals surface area (Å²) in [4.78, 5) is 18.9. The molecule has 138 valence electrons. The number of carbonyl (C=O) groups excluding carboxylic acids is 1. The Hall–Kier alpha value is -0.960. The van der Waals surface area contributed by atoms with Crippen LogP contribution in [0.25, 0.3) is 11.3 Å². The summed E-state index contributed by atoms with van der Waals surface area (Å²) in [5.74, 6) is 1.02. The van der Waals surface area contributed by atoms with Crippen molar-refractivity contribution in [1.82, 2.24) is 9.88 Å². The summed E-state index contributed by atoms with van der Waals surface area (Å²) >= 11 is 11.8. The number of piperidine rings is 1. The first-order valence-electron chi connectivity index (χ1n) is 8.44. The summed E-state index contributed by atoms with van der Waals surface area (Å²) in [5.41, 5.74) is 1.89. The molecule has 3 rings (SSSR count). The zero-order valence-corrected chi connectivity index (χ0v) is 18.4. The number of carbonyl (C=O) groups is 1. The standard InChI is InChI=1S/C18H20BrN3OS3/c1-12-6-8-22(9-7-12)18(24)26-11-16(23)21-17-20-15(10-25-17)13-2-4-14(19)5-3-13/h2-5,10,12H,6-9,11H2,1H3,(H,20,21,23). The Balaban J connectivity index is 1.48. The van der Waals surface area contributed by atoms with Gasteiger partial charge in [-0.25, -0.2) is 4.98 Å². The van der Waals surface area contributed by atoms with Crippen molar-refractivity contribution >= 4 is 66.6 Å². The number of thiazole rings is 1. The number of anilines is 1. The summed E-state index contributed by atoms with van der Waals surface area (Å²) in [6.45, 7) is 4.27. The number of benzene rings is 1. The van der Waals surface area contributed by atoms with E-state index in [1.807, 2.05) is 29.6 Å². The van der Waals surface area contributed by atoms with Crippen molar-refractivity contribution in [2.45, 2.75) is 19.8 Å². The quantitative estimate of drug-likeness (QED) is 0.618. The van der Waals surface area contributed by atoms with Gasteiger partial charge in [-0.15, -0.1) is 11.3 Å². The van der Waals surface area contributed by atoms with E-state index in [0.717, 1.165) is 39.1 Å². The third kappa shape index (κ3) is 5.52. The van der Waals surface area contributed by atoms with E-state index in [0.29, 0.717) is 10.9 Å². The average Bonchev–Trinajstić information content (AvgIpc) is 3.09. The topological polar surface area (TPSA) is 45.2 Å². The van der Waals surface area contributed by atoms with Gasteiger partial charge in [0.05, 0.1) is 11.4 Å². The van der Waals surface area contributed by atoms with E-state index in [2.05, 4.69) is 38.1 Å². The Kier molecular flexibility index (Phi) is 7.08. The minimum atomic E-state index is -0.0700. The smallest absolute Gasteiger partial charge is 0.236 e. The molecule has 0 unspecified atom stereocenters. The lowest BCUT2D eigenvalue weighted by atomic mass is 10.00. The maximum Gasteiger partial charge on any atom is 0.236 e. The minimum absolute atomic E-state index is 0.0700. The molecule has 0 atom stereocenters. The molecule has 26 heavy (non-hydrogen) atoms. The van der Waals surface area contributed by atoms with Crippen LogP contribution in [-0.4, -0.2) is 39.0 Å². The zero-order valence-electron chi connectivity index (χ0n) is 14.4. The molecule has 1 saturated heterocycles. The zero-order chi connectivity index (χ0) is 18.5. The van der Waals surface area contributed by atoms with E-state index in [9.17, 15) is 4.79 Å². The average molecular weight is 470 g/mol. The lowest BCUT2D eigenvalue weighted by molar-refractivity contribution is -0.113. The second kappa shape index (κ2) is 9.30. The highest BCUT2D eigenvalue weighted by molar-refractivity contribution is 9.10. The molecule has 1 N–H and O–H groups in total. The number of hydrogen-bond acceptors (Lipinski definition) is 5. The fraction of sp³-hybridized carbons (Fsp3) is 0.389. The fourth-order valence-electron chi connectivity index (χ4n) is 2.65. The van der Waals surface area contributed by atoms with Crippen molar-refractivity contribution in [2.75, 3.05) is 24.2 Å². The molecule has 1 amide bonds. The molecule has 0 bridgehead atoms. The van der Waals surface area contributed by atoms with Gasteiger partial charge in [0.1, 0.15) is 4.32 Å². The lowest BCUT2D eigenvalue weighted by Gasteiger charge is -2.31. The SMILES string of the molecule is CC1CCN(C(=S)SCC(=O)Nc2nc(-c3ccc(Br)cc3)cs2)CC1. The molecule has 0 radical (unpaired) electrons. The van der Waals surface area contributed by atoms with E-state index in [-0.39, 0.29) is 5.91 Å². The lowest BCUT2D eigenvalue weighted by Crippen LogP contribution is -2.36. The van der Waals surface area contributed by atoms with E-state index in [1.54, 1.807) is 0 Å². The van der Waals surface area contributed by atoms with Crippen LogP contribution in [0.3, 0.4) is 0 Å². The van der Waals surface area contributed by atoms with Gasteiger partial charge in [-0.05, 0) is 30.9 Å². The molecule has 1 aliphatic heterocycles. The summed E-state index contributed by atoms with van der Waals surface area (Å²) in [5, 5.41) is 5.44. The number of rotatable bonds is 4. The monoisotopic (exact) mass is 469 g/mol. The van der Waals surface area contributed by atoms with Crippen molar-refractivity contribution in [3.05, 3.63) is 34.1 Å². The number of nitrogens with one attached hydrogen (secondary N) is 1. The van der Waals surface area contributed by atoms with Crippen LogP contribution in [0.15, 0.2) is 34.1 Å². The number of thiocarbonyl (C=S) groups is 1. The molecule has 0 saturated carbocycles. The van der Waals surface area contributed by atoms with Crippen LogP contribution in [0.2, 0.25) is 0 Å². The second-order valence-electron chi connectivity index (χ2n) is 6.32. The minimum Gasteiger partial charge on any atom is -0.357 e. The molecule has 0 spiro atoms. The van der Waals surface area contributed by atoms with Crippen molar-refractivity contribution in [3.63, 3.8) is 0 Å². The van der Waals surface area contributed by atoms with Gasteiger partial charge in [0, 0.05) is 28.5 Å². The van der Waals surface area contributed by atoms with Crippen molar-refractivity contribution in [2.24, 2.45) is 5.92 Å². The molecule has 0 aliphatic carbocycles. The number of likely N-dealkylation sites (tertiary alicyclic amines) is 1. The first-order chi connectivity index (χ1) is 12.5. The van der Waals surface area contributed by atoms with Crippen LogP contribution in [0, 0.1) is 5.92 Å². The highest BCUT2D eigenvalue weighted by Crippen LogP contribution is 2.26. The molecule has 2 aromatic rings. The number of aromatic nitrogens is 1. The van der Waals surface area contributed by atoms with E-state index >= 15 is 0 Å². The molecule has 8 heteroatoms. The first kappa shape index (κ1) is 19.8. The van der Waals surface area contributed by atoms with E-state index in [1.165, 1.54) is 35.9 Å². The van der Waals surface area contributed by atoms with Crippen LogP contribution in [0.1, 0.15) is 19.8 Å². The first-order valence-corrected chi connectivity index (χ1v) is 11.5. The Bertz CT molecular complexity index is 770. The maximum atomic E-state index is 12.2. The van der Waals surface area contributed by atoms with Gasteiger partial charge in [-0.2, -0.15) is 0 Å². The van der Waals surface area contributed by atoms with Crippen molar-refractivity contribution < 1.29 is 4.79 Å². The molecule has 4 nitrogen and oxygen atoms in total. The largest absolute Gasteiger partial charge is 0.357 e. The predicted molar refractivity (Wildman–Crippen MR) is 119 cm³/mol. The third-order valence-corrected chi connectivity index (χ3v) is 7.07. The molecule has 1 aromatic heterocycles. The second-order valence-corrected chi connectivity index (χ2v) is 9.70. The summed E-state index contributed by atoms with van der Waals surface area (Å²) < 4.78 is 1.85. The molecule has 1 fully saturated rings. The van der Waals surface area contributed by atoms with Crippen molar-refractivity contribution in [1.29, 1.82) is 0 Å². The molecular weight excluding hydrogens is 450 g/mol. The number of hydrogen-bond donors (Lipinski definition) is 1. The number of nitrogens with zero attached hydrogens (tertiary/aromatic N) is 2. The summed E-state index contributed by atoms with van der Waals surface area (Å²) in [7, 11) is 0. The van der Waals surface area contributed by atoms with Crippen molar-refractivity contribution in [3.8, 4) is 11.3 Å². The van der Waals surface area contributed by atoms with Crippen LogP contribution in [0.5, 0.6) is 0 Å². The van der Waals surface area contributed by atoms with Gasteiger partial charge in [0.2, 0.25) is 5.91 Å². The fourth-order valence-corrected chi connectivity index (χ4v) is 4.70. The Morgan fingerprint density at radius 1 is 1.38 bits per heavy atom. The molecule has 1 aliphatic rings. The van der Waals surface area contributed by atoms with Crippen LogP contribution in [-0.2, 0) is 4.79 Å². The van der Waals surface area contributed by atoms with E-state index in [4.69, 9.17) is 12.2 Å². The molecular formula is C18H20BrN3OS3. The molecule has 1 aromatic carbocycles. The molecule has 2 heterocycles. The number of thioether (sulfide) groups is 1. The van der Waals surface area contributed by atoms with Gasteiger partial charge in [0.25, 0.3) is 0 Å². The highest BCUT2D eigenvalue weighted by atomic mass is 79.9. The Morgan fingerprint density at radius 3 is 2.77 bits per heavy atom. The van der Waals surface area contributed by atoms with Gasteiger partial charge >= 0.3 is 0 Å². The number of halogens is 1. The summed E-state index contributed by atoms with van der Waals surface area (Å²) in [6, 6.07) is 7.95. The van der Waals surface area contributed by atoms with Gasteiger partial charge in [0.15, 0.2) is 5.13 Å². The van der Waals surface area contributed by atoms with Crippen LogP contribution in [0.4, 0.5) is 5.13 Å². The highest BCUT2D eigenvalue weighted by Gasteiger charge is 2.19. The maximum absolute atomic E-state index is 12.2.